The molecule has 1 heterocycles. The van der Waals surface area contributed by atoms with E-state index in [-0.39, 0.29) is 0 Å². The average molecular weight is 200 g/mol. The number of nitrogens with zero attached hydrogens (tertiary/aromatic N) is 3. The third-order valence-corrected chi connectivity index (χ3v) is 2.20. The van der Waals surface area contributed by atoms with Crippen molar-refractivity contribution in [2.75, 3.05) is 0 Å². The SMILES string of the molecule is Cc1cnn(CC#N)c1Br. The van der Waals surface area contributed by atoms with Crippen LogP contribution in [0.4, 0.5) is 0 Å². The third kappa shape index (κ3) is 1.19. The van der Waals surface area contributed by atoms with E-state index in [2.05, 4.69) is 21.0 Å². The fourth-order valence-electron chi connectivity index (χ4n) is 0.641. The Labute approximate surface area is 67.4 Å². The van der Waals surface area contributed by atoms with Gasteiger partial charge in [-0.3, -0.25) is 0 Å². The Hall–Kier alpha value is -0.820. The zero-order chi connectivity index (χ0) is 7.56. The van der Waals surface area contributed by atoms with Gasteiger partial charge in [-0.1, -0.05) is 0 Å². The van der Waals surface area contributed by atoms with Crippen LogP contribution in [0.5, 0.6) is 0 Å². The van der Waals surface area contributed by atoms with Crippen LogP contribution in [0.15, 0.2) is 10.8 Å². The number of hydrogen-bond acceptors (Lipinski definition) is 2. The first-order chi connectivity index (χ1) is 4.75. The zero-order valence-corrected chi connectivity index (χ0v) is 7.09. The summed E-state index contributed by atoms with van der Waals surface area (Å²) in [7, 11) is 0. The number of rotatable bonds is 1. The Bertz CT molecular complexity index is 271. The molecule has 0 amide bonds. The second kappa shape index (κ2) is 2.84. The van der Waals surface area contributed by atoms with Crippen molar-refractivity contribution in [3.63, 3.8) is 0 Å². The summed E-state index contributed by atoms with van der Waals surface area (Å²) >= 11 is 3.30. The van der Waals surface area contributed by atoms with E-state index in [4.69, 9.17) is 5.26 Å². The number of aromatic nitrogens is 2. The molecule has 0 fully saturated rings. The van der Waals surface area contributed by atoms with Gasteiger partial charge in [0, 0.05) is 5.56 Å². The molecule has 0 saturated carbocycles. The Morgan fingerprint density at radius 3 is 3.00 bits per heavy atom. The summed E-state index contributed by atoms with van der Waals surface area (Å²) in [5.41, 5.74) is 1.05. The number of nitriles is 1. The van der Waals surface area contributed by atoms with Gasteiger partial charge in [0.2, 0.25) is 0 Å². The first-order valence-corrected chi connectivity index (χ1v) is 3.60. The van der Waals surface area contributed by atoms with Crippen LogP contribution in [0.3, 0.4) is 0 Å². The van der Waals surface area contributed by atoms with Gasteiger partial charge < -0.3 is 0 Å². The molecule has 4 heteroatoms. The van der Waals surface area contributed by atoms with Gasteiger partial charge in [-0.05, 0) is 22.9 Å². The van der Waals surface area contributed by atoms with E-state index >= 15 is 0 Å². The van der Waals surface area contributed by atoms with Crippen LogP contribution in [0, 0.1) is 18.3 Å². The van der Waals surface area contributed by atoms with Gasteiger partial charge in [0.05, 0.1) is 12.3 Å². The highest BCUT2D eigenvalue weighted by Crippen LogP contribution is 2.13. The molecule has 0 aliphatic heterocycles. The normalized spacial score (nSPS) is 9.30. The second-order valence-corrected chi connectivity index (χ2v) is 2.69. The molecule has 10 heavy (non-hydrogen) atoms. The lowest BCUT2D eigenvalue weighted by molar-refractivity contribution is 0.693. The highest BCUT2D eigenvalue weighted by atomic mass is 79.9. The molecule has 0 saturated heterocycles. The van der Waals surface area contributed by atoms with E-state index < -0.39 is 0 Å². The lowest BCUT2D eigenvalue weighted by Crippen LogP contribution is -1.97. The van der Waals surface area contributed by atoms with Gasteiger partial charge in [-0.25, -0.2) is 4.68 Å². The van der Waals surface area contributed by atoms with Crippen molar-refractivity contribution >= 4 is 15.9 Å². The van der Waals surface area contributed by atoms with Crippen molar-refractivity contribution in [3.05, 3.63) is 16.4 Å². The standard InChI is InChI=1S/C6H6BrN3/c1-5-4-9-10(3-2-8)6(5)7/h4H,3H2,1H3. The van der Waals surface area contributed by atoms with Crippen molar-refractivity contribution in [2.24, 2.45) is 0 Å². The summed E-state index contributed by atoms with van der Waals surface area (Å²) in [6.45, 7) is 2.24. The molecule has 0 N–H and O–H groups in total. The summed E-state index contributed by atoms with van der Waals surface area (Å²) in [6, 6.07) is 2.01. The molecule has 0 aromatic carbocycles. The molecule has 0 unspecified atom stereocenters. The van der Waals surface area contributed by atoms with E-state index in [0.29, 0.717) is 6.54 Å². The van der Waals surface area contributed by atoms with Crippen molar-refractivity contribution < 1.29 is 0 Å². The van der Waals surface area contributed by atoms with Gasteiger partial charge in [0.25, 0.3) is 0 Å². The summed E-state index contributed by atoms with van der Waals surface area (Å²) in [5, 5.41) is 12.3. The van der Waals surface area contributed by atoms with Gasteiger partial charge in [0.15, 0.2) is 0 Å². The van der Waals surface area contributed by atoms with Crippen LogP contribution in [0.2, 0.25) is 0 Å². The molecule has 0 aliphatic carbocycles. The van der Waals surface area contributed by atoms with E-state index in [1.165, 1.54) is 0 Å². The third-order valence-electron chi connectivity index (χ3n) is 1.16. The van der Waals surface area contributed by atoms with Crippen LogP contribution < -0.4 is 0 Å². The molecule has 0 atom stereocenters. The fraction of sp³-hybridized carbons (Fsp3) is 0.333. The van der Waals surface area contributed by atoms with Gasteiger partial charge >= 0.3 is 0 Å². The van der Waals surface area contributed by atoms with Crippen LogP contribution in [0.25, 0.3) is 0 Å². The Morgan fingerprint density at radius 2 is 2.60 bits per heavy atom. The van der Waals surface area contributed by atoms with E-state index in [0.717, 1.165) is 10.2 Å². The molecular weight excluding hydrogens is 194 g/mol. The summed E-state index contributed by atoms with van der Waals surface area (Å²) in [5.74, 6) is 0. The van der Waals surface area contributed by atoms with Crippen molar-refractivity contribution in [2.45, 2.75) is 13.5 Å². The Balaban J connectivity index is 2.96. The summed E-state index contributed by atoms with van der Waals surface area (Å²) < 4.78 is 2.49. The Kier molecular flexibility index (Phi) is 2.07. The largest absolute Gasteiger partial charge is 0.244 e. The first-order valence-electron chi connectivity index (χ1n) is 2.80. The van der Waals surface area contributed by atoms with E-state index in [1.54, 1.807) is 10.9 Å². The predicted molar refractivity (Wildman–Crippen MR) is 40.3 cm³/mol. The lowest BCUT2D eigenvalue weighted by atomic mass is 10.4. The van der Waals surface area contributed by atoms with E-state index in [1.807, 2.05) is 13.0 Å². The zero-order valence-electron chi connectivity index (χ0n) is 5.50. The molecule has 0 radical (unpaired) electrons. The molecule has 1 aromatic rings. The first kappa shape index (κ1) is 7.29. The average Bonchev–Trinajstić information content (AvgIpc) is 2.20. The van der Waals surface area contributed by atoms with Gasteiger partial charge in [0.1, 0.15) is 11.1 Å². The molecule has 52 valence electrons. The fourth-order valence-corrected chi connectivity index (χ4v) is 0.960. The van der Waals surface area contributed by atoms with Gasteiger partial charge in [-0.2, -0.15) is 10.4 Å². The second-order valence-electron chi connectivity index (χ2n) is 1.93. The smallest absolute Gasteiger partial charge is 0.129 e. The van der Waals surface area contributed by atoms with Crippen LogP contribution in [-0.2, 0) is 6.54 Å². The minimum absolute atomic E-state index is 0.300. The summed E-state index contributed by atoms with van der Waals surface area (Å²) in [4.78, 5) is 0. The minimum atomic E-state index is 0.300. The molecule has 0 bridgehead atoms. The van der Waals surface area contributed by atoms with Crippen molar-refractivity contribution in [1.29, 1.82) is 5.26 Å². The molecule has 3 nitrogen and oxygen atoms in total. The predicted octanol–water partition coefficient (Wildman–Crippen LogP) is 1.48. The molecule has 1 aromatic heterocycles. The molecule has 0 aliphatic rings. The number of halogens is 1. The van der Waals surface area contributed by atoms with E-state index in [9.17, 15) is 0 Å². The summed E-state index contributed by atoms with van der Waals surface area (Å²) in [6.07, 6.45) is 1.72. The van der Waals surface area contributed by atoms with Crippen LogP contribution in [0.1, 0.15) is 5.56 Å². The van der Waals surface area contributed by atoms with Crippen molar-refractivity contribution in [1.82, 2.24) is 9.78 Å². The quantitative estimate of drug-likeness (QED) is 0.688. The lowest BCUT2D eigenvalue weighted by Gasteiger charge is -1.93. The highest BCUT2D eigenvalue weighted by Gasteiger charge is 2.00. The number of aryl methyl sites for hydroxylation is 1. The van der Waals surface area contributed by atoms with Gasteiger partial charge in [-0.15, -0.1) is 0 Å². The minimum Gasteiger partial charge on any atom is -0.244 e. The highest BCUT2D eigenvalue weighted by molar-refractivity contribution is 9.10. The molecular formula is C6H6BrN3. The van der Waals surface area contributed by atoms with Crippen LogP contribution >= 0.6 is 15.9 Å². The number of hydrogen-bond donors (Lipinski definition) is 0. The maximum atomic E-state index is 8.32. The Morgan fingerprint density at radius 1 is 1.90 bits per heavy atom. The monoisotopic (exact) mass is 199 g/mol. The molecule has 0 spiro atoms. The maximum Gasteiger partial charge on any atom is 0.129 e. The maximum absolute atomic E-state index is 8.32. The topological polar surface area (TPSA) is 41.6 Å². The van der Waals surface area contributed by atoms with Crippen LogP contribution in [-0.4, -0.2) is 9.78 Å². The van der Waals surface area contributed by atoms with Crippen molar-refractivity contribution in [3.8, 4) is 6.07 Å². The molecule has 1 rings (SSSR count).